The lowest BCUT2D eigenvalue weighted by atomic mass is 10.4. The molecule has 4 nitrogen and oxygen atoms in total. The Kier molecular flexibility index (Phi) is 2.15. The number of nitrogen functional groups attached to an aromatic ring is 1. The first-order chi connectivity index (χ1) is 5.27. The standard InChI is InChI=1S/C7H10N2O2/c1-10-6-4-3-5(8)7(9-6)11-2/h3-4H,8H2,1-2H3/p+1. The summed E-state index contributed by atoms with van der Waals surface area (Å²) in [5.41, 5.74) is 6.11. The number of methoxy groups -OCH3 is 2. The summed E-state index contributed by atoms with van der Waals surface area (Å²) in [5.74, 6) is 1.14. The smallest absolute Gasteiger partial charge is 0.392 e. The molecular weight excluding hydrogens is 144 g/mol. The fourth-order valence-electron chi connectivity index (χ4n) is 0.755. The van der Waals surface area contributed by atoms with Crippen molar-refractivity contribution in [3.8, 4) is 11.8 Å². The van der Waals surface area contributed by atoms with E-state index in [1.165, 1.54) is 0 Å². The van der Waals surface area contributed by atoms with Gasteiger partial charge in [-0.15, -0.1) is 4.98 Å². The number of pyridine rings is 1. The predicted octanol–water partition coefficient (Wildman–Crippen LogP) is 0.100. The van der Waals surface area contributed by atoms with E-state index in [0.29, 0.717) is 17.4 Å². The summed E-state index contributed by atoms with van der Waals surface area (Å²) in [6.07, 6.45) is 0. The molecule has 0 atom stereocenters. The molecule has 1 heterocycles. The lowest BCUT2D eigenvalue weighted by molar-refractivity contribution is -0.405. The molecule has 0 unspecified atom stereocenters. The summed E-state index contributed by atoms with van der Waals surface area (Å²) in [7, 11) is 3.11. The van der Waals surface area contributed by atoms with Crippen LogP contribution >= 0.6 is 0 Å². The van der Waals surface area contributed by atoms with E-state index in [2.05, 4.69) is 4.98 Å². The number of H-pyrrole nitrogens is 1. The number of hydrogen-bond donors (Lipinski definition) is 1. The SMILES string of the molecule is COc1ccc(N)c(OC)[nH+]1. The van der Waals surface area contributed by atoms with Gasteiger partial charge in [-0.1, -0.05) is 0 Å². The number of nitrogens with two attached hydrogens (primary N) is 1. The van der Waals surface area contributed by atoms with Crippen LogP contribution in [0.4, 0.5) is 5.69 Å². The molecule has 0 saturated heterocycles. The molecule has 1 aromatic rings. The quantitative estimate of drug-likeness (QED) is 0.659. The Morgan fingerprint density at radius 1 is 1.27 bits per heavy atom. The van der Waals surface area contributed by atoms with Gasteiger partial charge in [0.15, 0.2) is 0 Å². The van der Waals surface area contributed by atoms with Crippen molar-refractivity contribution in [1.29, 1.82) is 0 Å². The van der Waals surface area contributed by atoms with Crippen LogP contribution in [0.2, 0.25) is 0 Å². The fraction of sp³-hybridized carbons (Fsp3) is 0.286. The highest BCUT2D eigenvalue weighted by molar-refractivity contribution is 5.44. The van der Waals surface area contributed by atoms with Crippen LogP contribution in [0.15, 0.2) is 12.1 Å². The zero-order chi connectivity index (χ0) is 8.27. The summed E-state index contributed by atoms with van der Waals surface area (Å²) >= 11 is 0. The third-order valence-corrected chi connectivity index (χ3v) is 1.34. The molecule has 0 aromatic carbocycles. The monoisotopic (exact) mass is 155 g/mol. The highest BCUT2D eigenvalue weighted by atomic mass is 16.5. The van der Waals surface area contributed by atoms with E-state index in [4.69, 9.17) is 15.2 Å². The number of anilines is 1. The number of ether oxygens (including phenoxy) is 2. The van der Waals surface area contributed by atoms with Crippen LogP contribution in [-0.2, 0) is 0 Å². The van der Waals surface area contributed by atoms with Crippen molar-refractivity contribution in [1.82, 2.24) is 0 Å². The maximum atomic E-state index is 5.54. The maximum absolute atomic E-state index is 5.54. The molecule has 0 bridgehead atoms. The first-order valence-electron chi connectivity index (χ1n) is 3.17. The van der Waals surface area contributed by atoms with E-state index in [9.17, 15) is 0 Å². The molecule has 11 heavy (non-hydrogen) atoms. The minimum absolute atomic E-state index is 0.518. The second-order valence-corrected chi connectivity index (χ2v) is 2.02. The molecule has 0 saturated carbocycles. The molecule has 0 spiro atoms. The van der Waals surface area contributed by atoms with Gasteiger partial charge in [0.05, 0.1) is 20.3 Å². The van der Waals surface area contributed by atoms with Crippen LogP contribution in [0, 0.1) is 0 Å². The Morgan fingerprint density at radius 3 is 2.55 bits per heavy atom. The largest absolute Gasteiger partial charge is 0.448 e. The third-order valence-electron chi connectivity index (χ3n) is 1.34. The zero-order valence-corrected chi connectivity index (χ0v) is 6.55. The van der Waals surface area contributed by atoms with Crippen LogP contribution in [0.5, 0.6) is 11.8 Å². The Hall–Kier alpha value is -1.45. The van der Waals surface area contributed by atoms with Crippen LogP contribution in [0.25, 0.3) is 0 Å². The van der Waals surface area contributed by atoms with E-state index in [-0.39, 0.29) is 0 Å². The van der Waals surface area contributed by atoms with E-state index in [1.807, 2.05) is 0 Å². The zero-order valence-electron chi connectivity index (χ0n) is 6.55. The van der Waals surface area contributed by atoms with Gasteiger partial charge in [-0.25, -0.2) is 0 Å². The van der Waals surface area contributed by atoms with Crippen molar-refractivity contribution in [3.05, 3.63) is 12.1 Å². The van der Waals surface area contributed by atoms with Gasteiger partial charge in [0.25, 0.3) is 0 Å². The number of nitrogens with one attached hydrogen (secondary N) is 1. The molecule has 1 rings (SSSR count). The van der Waals surface area contributed by atoms with Crippen molar-refractivity contribution < 1.29 is 14.5 Å². The minimum Gasteiger partial charge on any atom is -0.448 e. The minimum atomic E-state index is 0.518. The average molecular weight is 155 g/mol. The average Bonchev–Trinajstić information content (AvgIpc) is 2.05. The van der Waals surface area contributed by atoms with Crippen LogP contribution in [0.1, 0.15) is 0 Å². The van der Waals surface area contributed by atoms with Crippen molar-refractivity contribution in [2.45, 2.75) is 0 Å². The Bertz CT molecular complexity index is 250. The molecule has 0 amide bonds. The van der Waals surface area contributed by atoms with Gasteiger partial charge in [-0.05, 0) is 6.07 Å². The summed E-state index contributed by atoms with van der Waals surface area (Å²) in [5, 5.41) is 0. The van der Waals surface area contributed by atoms with Gasteiger partial charge >= 0.3 is 11.8 Å². The molecule has 1 aromatic heterocycles. The van der Waals surface area contributed by atoms with Crippen molar-refractivity contribution in [2.24, 2.45) is 0 Å². The maximum Gasteiger partial charge on any atom is 0.392 e. The van der Waals surface area contributed by atoms with Crippen LogP contribution in [0.3, 0.4) is 0 Å². The van der Waals surface area contributed by atoms with E-state index in [1.54, 1.807) is 26.4 Å². The van der Waals surface area contributed by atoms with Gasteiger partial charge in [-0.2, -0.15) is 0 Å². The molecule has 4 heteroatoms. The molecule has 3 N–H and O–H groups in total. The summed E-state index contributed by atoms with van der Waals surface area (Å²) in [4.78, 5) is 2.84. The van der Waals surface area contributed by atoms with Gasteiger partial charge < -0.3 is 15.2 Å². The van der Waals surface area contributed by atoms with Crippen molar-refractivity contribution >= 4 is 5.69 Å². The Labute approximate surface area is 64.9 Å². The molecule has 0 aliphatic heterocycles. The number of hydrogen-bond acceptors (Lipinski definition) is 3. The predicted molar refractivity (Wildman–Crippen MR) is 40.5 cm³/mol. The highest BCUT2D eigenvalue weighted by Gasteiger charge is 2.09. The van der Waals surface area contributed by atoms with Gasteiger partial charge in [-0.3, -0.25) is 0 Å². The lowest BCUT2D eigenvalue weighted by Gasteiger charge is -1.97. The second-order valence-electron chi connectivity index (χ2n) is 2.02. The number of rotatable bonds is 2. The lowest BCUT2D eigenvalue weighted by Crippen LogP contribution is -2.12. The summed E-state index contributed by atoms with van der Waals surface area (Å²) in [6.45, 7) is 0. The van der Waals surface area contributed by atoms with Gasteiger partial charge in [0, 0.05) is 0 Å². The van der Waals surface area contributed by atoms with Crippen molar-refractivity contribution in [3.63, 3.8) is 0 Å². The van der Waals surface area contributed by atoms with Gasteiger partial charge in [0.1, 0.15) is 5.69 Å². The first-order valence-corrected chi connectivity index (χ1v) is 3.17. The molecule has 0 aliphatic carbocycles. The van der Waals surface area contributed by atoms with E-state index < -0.39 is 0 Å². The third kappa shape index (κ3) is 1.52. The Morgan fingerprint density at radius 2 is 2.00 bits per heavy atom. The normalized spacial score (nSPS) is 9.27. The summed E-state index contributed by atoms with van der Waals surface area (Å²) < 4.78 is 9.85. The second kappa shape index (κ2) is 3.09. The van der Waals surface area contributed by atoms with Crippen molar-refractivity contribution in [2.75, 3.05) is 20.0 Å². The van der Waals surface area contributed by atoms with E-state index >= 15 is 0 Å². The molecule has 0 fully saturated rings. The first kappa shape index (κ1) is 7.65. The van der Waals surface area contributed by atoms with Gasteiger partial charge in [0.2, 0.25) is 0 Å². The molecule has 0 aliphatic rings. The topological polar surface area (TPSA) is 58.6 Å². The number of aromatic amines is 1. The van der Waals surface area contributed by atoms with Crippen LogP contribution in [-0.4, -0.2) is 14.2 Å². The van der Waals surface area contributed by atoms with E-state index in [0.717, 1.165) is 0 Å². The molecular formula is C7H11N2O2+. The molecule has 0 radical (unpaired) electrons. The Balaban J connectivity index is 3.02. The number of aromatic nitrogens is 1. The fourth-order valence-corrected chi connectivity index (χ4v) is 0.755. The highest BCUT2D eigenvalue weighted by Crippen LogP contribution is 2.15. The molecule has 60 valence electrons. The summed E-state index contributed by atoms with van der Waals surface area (Å²) in [6, 6.07) is 3.45. The van der Waals surface area contributed by atoms with Crippen LogP contribution < -0.4 is 20.2 Å².